The van der Waals surface area contributed by atoms with Crippen LogP contribution < -0.4 is 4.90 Å². The van der Waals surface area contributed by atoms with Crippen LogP contribution in [-0.2, 0) is 0 Å². The van der Waals surface area contributed by atoms with Crippen molar-refractivity contribution in [3.05, 3.63) is 244 Å². The fourth-order valence-electron chi connectivity index (χ4n) is 7.27. The van der Waals surface area contributed by atoms with Crippen LogP contribution in [0.4, 0.5) is 17.1 Å². The number of fused-ring (bicyclic) bond motifs is 1. The van der Waals surface area contributed by atoms with Crippen LogP contribution in [0.5, 0.6) is 0 Å². The van der Waals surface area contributed by atoms with E-state index in [4.69, 9.17) is 0 Å². The minimum absolute atomic E-state index is 1.10. The molecular formula is C54H45N. The largest absolute Gasteiger partial charge is 0.310 e. The molecule has 1 heteroatoms. The van der Waals surface area contributed by atoms with Gasteiger partial charge in [-0.2, -0.15) is 0 Å². The smallest absolute Gasteiger partial charge is 0.0540 e. The van der Waals surface area contributed by atoms with Crippen LogP contribution in [0.15, 0.2) is 188 Å². The summed E-state index contributed by atoms with van der Waals surface area (Å²) in [5.74, 6) is 0. The highest BCUT2D eigenvalue weighted by Crippen LogP contribution is 2.41. The number of hydrogen-bond acceptors (Lipinski definition) is 1. The molecule has 0 aliphatic rings. The Labute approximate surface area is 326 Å². The fourth-order valence-corrected chi connectivity index (χ4v) is 7.27. The molecule has 0 fully saturated rings. The van der Waals surface area contributed by atoms with Gasteiger partial charge in [-0.3, -0.25) is 0 Å². The Kier molecular flexibility index (Phi) is 10.1. The zero-order valence-corrected chi connectivity index (χ0v) is 32.0. The van der Waals surface area contributed by atoms with Crippen LogP contribution in [0.25, 0.3) is 34.1 Å². The first kappa shape index (κ1) is 35.3. The van der Waals surface area contributed by atoms with Crippen molar-refractivity contribution < 1.29 is 0 Å². The van der Waals surface area contributed by atoms with Gasteiger partial charge in [0.25, 0.3) is 0 Å². The number of aryl methyl sites for hydroxylation is 4. The summed E-state index contributed by atoms with van der Waals surface area (Å²) in [7, 11) is 0. The third-order valence-electron chi connectivity index (χ3n) is 10.4. The average Bonchev–Trinajstić information content (AvgIpc) is 3.22. The molecule has 0 aliphatic carbocycles. The van der Waals surface area contributed by atoms with E-state index in [2.05, 4.69) is 233 Å². The van der Waals surface area contributed by atoms with Crippen molar-refractivity contribution in [3.63, 3.8) is 0 Å². The van der Waals surface area contributed by atoms with Crippen molar-refractivity contribution in [2.45, 2.75) is 27.7 Å². The van der Waals surface area contributed by atoms with Crippen LogP contribution in [0.3, 0.4) is 0 Å². The van der Waals surface area contributed by atoms with Gasteiger partial charge in [-0.25, -0.2) is 0 Å². The van der Waals surface area contributed by atoms with Gasteiger partial charge in [0, 0.05) is 16.8 Å². The summed E-state index contributed by atoms with van der Waals surface area (Å²) in [5, 5.41) is 2.40. The van der Waals surface area contributed by atoms with Gasteiger partial charge in [0.15, 0.2) is 0 Å². The van der Waals surface area contributed by atoms with Crippen LogP contribution in [0.1, 0.15) is 55.6 Å². The molecule has 0 saturated heterocycles. The van der Waals surface area contributed by atoms with E-state index in [1.54, 1.807) is 0 Å². The highest BCUT2D eigenvalue weighted by atomic mass is 15.1. The van der Waals surface area contributed by atoms with E-state index >= 15 is 0 Å². The van der Waals surface area contributed by atoms with Crippen molar-refractivity contribution in [3.8, 4) is 0 Å². The normalized spacial score (nSPS) is 10.9. The van der Waals surface area contributed by atoms with Gasteiger partial charge in [-0.1, -0.05) is 180 Å². The van der Waals surface area contributed by atoms with Crippen LogP contribution in [0.2, 0.25) is 0 Å². The Morgan fingerprint density at radius 2 is 0.745 bits per heavy atom. The molecule has 1 nitrogen and oxygen atoms in total. The average molecular weight is 708 g/mol. The third-order valence-corrected chi connectivity index (χ3v) is 10.4. The van der Waals surface area contributed by atoms with E-state index in [1.165, 1.54) is 72.0 Å². The van der Waals surface area contributed by atoms with E-state index in [1.807, 2.05) is 0 Å². The summed E-state index contributed by atoms with van der Waals surface area (Å²) >= 11 is 0. The molecule has 0 atom stereocenters. The standard InChI is InChI=1S/C54H45N/c1-38-14-24-43(25-15-38)52(44-26-16-39(2)17-27-44)36-42-22-33-49(34-23-42)55(48-10-6-5-7-11-48)54-35-32-47(50-12-8-9-13-51(50)54)37-53(45-28-18-40(3)19-29-45)46-30-20-41(4)21-31-46/h5-37H,1-4H3. The highest BCUT2D eigenvalue weighted by molar-refractivity contribution is 6.06. The Hall–Kier alpha value is -6.70. The first-order chi connectivity index (χ1) is 26.9. The number of rotatable bonds is 9. The van der Waals surface area contributed by atoms with Crippen molar-refractivity contribution in [1.29, 1.82) is 0 Å². The van der Waals surface area contributed by atoms with Gasteiger partial charge in [0.2, 0.25) is 0 Å². The number of benzene rings is 8. The van der Waals surface area contributed by atoms with Crippen LogP contribution >= 0.6 is 0 Å². The molecule has 266 valence electrons. The van der Waals surface area contributed by atoms with Crippen molar-refractivity contribution in [2.24, 2.45) is 0 Å². The van der Waals surface area contributed by atoms with E-state index in [9.17, 15) is 0 Å². The second kappa shape index (κ2) is 15.7. The summed E-state index contributed by atoms with van der Waals surface area (Å²) < 4.78 is 0. The lowest BCUT2D eigenvalue weighted by Gasteiger charge is -2.27. The van der Waals surface area contributed by atoms with Gasteiger partial charge in [-0.05, 0) is 120 Å². The maximum absolute atomic E-state index is 2.38. The zero-order valence-electron chi connectivity index (χ0n) is 32.0. The predicted molar refractivity (Wildman–Crippen MR) is 237 cm³/mol. The number of para-hydroxylation sites is 1. The molecular weight excluding hydrogens is 663 g/mol. The third kappa shape index (κ3) is 7.84. The van der Waals surface area contributed by atoms with E-state index < -0.39 is 0 Å². The Morgan fingerprint density at radius 3 is 1.22 bits per heavy atom. The molecule has 0 amide bonds. The molecule has 0 N–H and O–H groups in total. The minimum Gasteiger partial charge on any atom is -0.310 e. The topological polar surface area (TPSA) is 3.24 Å². The van der Waals surface area contributed by atoms with Crippen molar-refractivity contribution in [1.82, 2.24) is 0 Å². The minimum atomic E-state index is 1.10. The second-order valence-electron chi connectivity index (χ2n) is 14.6. The molecule has 55 heavy (non-hydrogen) atoms. The van der Waals surface area contributed by atoms with Crippen molar-refractivity contribution in [2.75, 3.05) is 4.90 Å². The SMILES string of the molecule is Cc1ccc(C(=Cc2ccc(N(c3ccccc3)c3ccc(C=C(c4ccc(C)cc4)c4ccc(C)cc4)c4ccccc34)cc2)c2ccc(C)cc2)cc1. The van der Waals surface area contributed by atoms with Gasteiger partial charge in [-0.15, -0.1) is 0 Å². The van der Waals surface area contributed by atoms with Gasteiger partial charge in [0.1, 0.15) is 0 Å². The Balaban J connectivity index is 1.23. The molecule has 0 radical (unpaired) electrons. The van der Waals surface area contributed by atoms with E-state index in [0.717, 1.165) is 22.6 Å². The molecule has 0 unspecified atom stereocenters. The summed E-state index contributed by atoms with van der Waals surface area (Å²) in [4.78, 5) is 2.38. The summed E-state index contributed by atoms with van der Waals surface area (Å²) in [5.41, 5.74) is 17.9. The lowest BCUT2D eigenvalue weighted by Crippen LogP contribution is -2.10. The molecule has 0 aromatic heterocycles. The number of hydrogen-bond donors (Lipinski definition) is 0. The molecule has 0 aliphatic heterocycles. The second-order valence-corrected chi connectivity index (χ2v) is 14.6. The predicted octanol–water partition coefficient (Wildman–Crippen LogP) is 14.7. The highest BCUT2D eigenvalue weighted by Gasteiger charge is 2.17. The van der Waals surface area contributed by atoms with Gasteiger partial charge >= 0.3 is 0 Å². The molecule has 8 aromatic rings. The number of nitrogens with zero attached hydrogens (tertiary/aromatic N) is 1. The first-order valence-corrected chi connectivity index (χ1v) is 19.1. The quantitative estimate of drug-likeness (QED) is 0.135. The summed E-state index contributed by atoms with van der Waals surface area (Å²) in [6.45, 7) is 8.56. The molecule has 0 saturated carbocycles. The molecule has 8 rings (SSSR count). The molecule has 0 spiro atoms. The first-order valence-electron chi connectivity index (χ1n) is 19.1. The lowest BCUT2D eigenvalue weighted by atomic mass is 9.92. The summed E-state index contributed by atoms with van der Waals surface area (Å²) in [6, 6.07) is 68.4. The number of anilines is 3. The maximum Gasteiger partial charge on any atom is 0.0540 e. The monoisotopic (exact) mass is 707 g/mol. The molecule has 8 aromatic carbocycles. The Bertz CT molecular complexity index is 2510. The maximum atomic E-state index is 2.38. The van der Waals surface area contributed by atoms with E-state index in [0.29, 0.717) is 0 Å². The molecule has 0 bridgehead atoms. The van der Waals surface area contributed by atoms with Crippen LogP contribution in [0, 0.1) is 27.7 Å². The fraction of sp³-hybridized carbons (Fsp3) is 0.0741. The van der Waals surface area contributed by atoms with Gasteiger partial charge in [0.05, 0.1) is 5.69 Å². The van der Waals surface area contributed by atoms with Gasteiger partial charge < -0.3 is 4.90 Å². The Morgan fingerprint density at radius 1 is 0.345 bits per heavy atom. The van der Waals surface area contributed by atoms with Crippen molar-refractivity contribution >= 4 is 51.1 Å². The lowest BCUT2D eigenvalue weighted by molar-refractivity contribution is 1.29. The molecule has 0 heterocycles. The zero-order chi connectivity index (χ0) is 37.7. The van der Waals surface area contributed by atoms with E-state index in [-0.39, 0.29) is 0 Å². The summed E-state index contributed by atoms with van der Waals surface area (Å²) in [6.07, 6.45) is 4.66. The van der Waals surface area contributed by atoms with Crippen LogP contribution in [-0.4, -0.2) is 0 Å².